The van der Waals surface area contributed by atoms with Crippen LogP contribution < -0.4 is 5.56 Å². The van der Waals surface area contributed by atoms with Crippen molar-refractivity contribution in [2.24, 2.45) is 5.92 Å². The van der Waals surface area contributed by atoms with Crippen molar-refractivity contribution in [3.05, 3.63) is 33.7 Å². The zero-order chi connectivity index (χ0) is 14.0. The number of pyridine rings is 1. The first-order valence-electron chi connectivity index (χ1n) is 6.96. The lowest BCUT2D eigenvalue weighted by molar-refractivity contribution is 0.0677. The maximum Gasteiger partial charge on any atom is 0.260 e. The average Bonchev–Trinajstić information content (AvgIpc) is 2.38. The summed E-state index contributed by atoms with van der Waals surface area (Å²) in [6.07, 6.45) is 4.39. The number of H-pyrrole nitrogens is 1. The van der Waals surface area contributed by atoms with Crippen LogP contribution in [0, 0.1) is 12.8 Å². The Balaban J connectivity index is 2.12. The number of hydrogen-bond donors (Lipinski definition) is 1. The van der Waals surface area contributed by atoms with Gasteiger partial charge in [0.25, 0.3) is 11.5 Å². The Bertz CT molecular complexity index is 513. The molecule has 104 valence electrons. The summed E-state index contributed by atoms with van der Waals surface area (Å²) in [5, 5.41) is 0. The van der Waals surface area contributed by atoms with Crippen LogP contribution in [0.2, 0.25) is 0 Å². The molecule has 4 heteroatoms. The third kappa shape index (κ3) is 3.06. The van der Waals surface area contributed by atoms with Gasteiger partial charge < -0.3 is 9.88 Å². The van der Waals surface area contributed by atoms with Gasteiger partial charge in [-0.1, -0.05) is 6.92 Å². The molecule has 1 amide bonds. The van der Waals surface area contributed by atoms with E-state index in [1.807, 2.05) is 14.0 Å². The highest BCUT2D eigenvalue weighted by atomic mass is 16.2. The van der Waals surface area contributed by atoms with Crippen LogP contribution in [0.4, 0.5) is 0 Å². The van der Waals surface area contributed by atoms with E-state index in [1.165, 1.54) is 0 Å². The minimum atomic E-state index is -0.291. The number of rotatable bonds is 2. The number of aromatic nitrogens is 1. The highest BCUT2D eigenvalue weighted by molar-refractivity contribution is 5.93. The molecular weight excluding hydrogens is 240 g/mol. The normalized spacial score (nSPS) is 23.1. The molecule has 1 aromatic rings. The fourth-order valence-corrected chi connectivity index (χ4v) is 2.73. The number of nitrogens with zero attached hydrogens (tertiary/aromatic N) is 1. The van der Waals surface area contributed by atoms with Gasteiger partial charge in [0.1, 0.15) is 5.56 Å². The summed E-state index contributed by atoms with van der Waals surface area (Å²) in [7, 11) is 1.81. The average molecular weight is 262 g/mol. The summed E-state index contributed by atoms with van der Waals surface area (Å²) < 4.78 is 0. The lowest BCUT2D eigenvalue weighted by Gasteiger charge is -2.33. The Morgan fingerprint density at radius 3 is 2.47 bits per heavy atom. The van der Waals surface area contributed by atoms with E-state index >= 15 is 0 Å². The summed E-state index contributed by atoms with van der Waals surface area (Å²) >= 11 is 0. The van der Waals surface area contributed by atoms with E-state index in [1.54, 1.807) is 17.0 Å². The molecule has 1 aliphatic rings. The molecule has 2 rings (SSSR count). The molecular formula is C15H22N2O2. The standard InChI is InChI=1S/C15H22N2O2/c1-10-4-7-12(8-5-10)17(3)15(19)13-9-6-11(2)16-14(13)18/h6,9-10,12H,4-5,7-8H2,1-3H3,(H,16,18). The largest absolute Gasteiger partial charge is 0.339 e. The van der Waals surface area contributed by atoms with E-state index in [2.05, 4.69) is 11.9 Å². The van der Waals surface area contributed by atoms with Crippen LogP contribution >= 0.6 is 0 Å². The molecule has 1 heterocycles. The first kappa shape index (κ1) is 13.8. The Labute approximate surface area is 113 Å². The zero-order valence-electron chi connectivity index (χ0n) is 11.9. The van der Waals surface area contributed by atoms with E-state index in [0.29, 0.717) is 0 Å². The van der Waals surface area contributed by atoms with Crippen molar-refractivity contribution >= 4 is 5.91 Å². The van der Waals surface area contributed by atoms with E-state index in [-0.39, 0.29) is 23.1 Å². The number of aryl methyl sites for hydroxylation is 1. The molecule has 0 aliphatic heterocycles. The minimum Gasteiger partial charge on any atom is -0.339 e. The van der Waals surface area contributed by atoms with E-state index in [9.17, 15) is 9.59 Å². The van der Waals surface area contributed by atoms with Crippen LogP contribution in [0.3, 0.4) is 0 Å². The first-order valence-corrected chi connectivity index (χ1v) is 6.96. The smallest absolute Gasteiger partial charge is 0.260 e. The van der Waals surface area contributed by atoms with Crippen LogP contribution in [0.25, 0.3) is 0 Å². The summed E-state index contributed by atoms with van der Waals surface area (Å²) in [5.74, 6) is 0.586. The predicted octanol–water partition coefficient (Wildman–Crippen LogP) is 2.33. The van der Waals surface area contributed by atoms with Crippen LogP contribution in [-0.4, -0.2) is 28.9 Å². The number of nitrogens with one attached hydrogen (secondary N) is 1. The number of amides is 1. The molecule has 4 nitrogen and oxygen atoms in total. The molecule has 1 saturated carbocycles. The molecule has 0 radical (unpaired) electrons. The highest BCUT2D eigenvalue weighted by Crippen LogP contribution is 2.26. The second-order valence-corrected chi connectivity index (χ2v) is 5.71. The van der Waals surface area contributed by atoms with E-state index in [4.69, 9.17) is 0 Å². The van der Waals surface area contributed by atoms with Crippen LogP contribution in [0.15, 0.2) is 16.9 Å². The fraction of sp³-hybridized carbons (Fsp3) is 0.600. The van der Waals surface area contributed by atoms with Gasteiger partial charge in [-0.15, -0.1) is 0 Å². The van der Waals surface area contributed by atoms with Gasteiger partial charge in [-0.2, -0.15) is 0 Å². The molecule has 0 atom stereocenters. The molecule has 0 spiro atoms. The number of hydrogen-bond acceptors (Lipinski definition) is 2. The number of carbonyl (C=O) groups excluding carboxylic acids is 1. The van der Waals surface area contributed by atoms with Gasteiger partial charge in [-0.05, 0) is 50.7 Å². The first-order chi connectivity index (χ1) is 8.99. The van der Waals surface area contributed by atoms with Gasteiger partial charge in [0.15, 0.2) is 0 Å². The van der Waals surface area contributed by atoms with Gasteiger partial charge in [0.05, 0.1) is 0 Å². The Kier molecular flexibility index (Phi) is 4.08. The lowest BCUT2D eigenvalue weighted by atomic mass is 9.86. The third-order valence-electron chi connectivity index (χ3n) is 4.14. The molecule has 1 fully saturated rings. The molecule has 0 saturated heterocycles. The van der Waals surface area contributed by atoms with Crippen LogP contribution in [-0.2, 0) is 0 Å². The van der Waals surface area contributed by atoms with E-state index in [0.717, 1.165) is 37.3 Å². The SMILES string of the molecule is Cc1ccc(C(=O)N(C)C2CCC(C)CC2)c(=O)[nH]1. The van der Waals surface area contributed by atoms with Crippen molar-refractivity contribution in [1.29, 1.82) is 0 Å². The molecule has 1 N–H and O–H groups in total. The van der Waals surface area contributed by atoms with Gasteiger partial charge >= 0.3 is 0 Å². The van der Waals surface area contributed by atoms with Gasteiger partial charge in [-0.3, -0.25) is 9.59 Å². The van der Waals surface area contributed by atoms with Gasteiger partial charge in [0.2, 0.25) is 0 Å². The number of carbonyl (C=O) groups is 1. The molecule has 1 aromatic heterocycles. The quantitative estimate of drug-likeness (QED) is 0.889. The van der Waals surface area contributed by atoms with Crippen LogP contribution in [0.1, 0.15) is 48.7 Å². The Hall–Kier alpha value is -1.58. The van der Waals surface area contributed by atoms with Gasteiger partial charge in [-0.25, -0.2) is 0 Å². The molecule has 0 bridgehead atoms. The molecule has 0 unspecified atom stereocenters. The maximum absolute atomic E-state index is 12.4. The highest BCUT2D eigenvalue weighted by Gasteiger charge is 2.26. The summed E-state index contributed by atoms with van der Waals surface area (Å²) in [5.41, 5.74) is 0.725. The lowest BCUT2D eigenvalue weighted by Crippen LogP contribution is -2.41. The minimum absolute atomic E-state index is 0.166. The topological polar surface area (TPSA) is 53.2 Å². The Morgan fingerprint density at radius 2 is 1.89 bits per heavy atom. The Morgan fingerprint density at radius 1 is 1.26 bits per heavy atom. The van der Waals surface area contributed by atoms with Crippen molar-refractivity contribution in [3.8, 4) is 0 Å². The van der Waals surface area contributed by atoms with Crippen molar-refractivity contribution in [3.63, 3.8) is 0 Å². The molecule has 0 aromatic carbocycles. The van der Waals surface area contributed by atoms with Crippen molar-refractivity contribution in [2.75, 3.05) is 7.05 Å². The molecule has 19 heavy (non-hydrogen) atoms. The second kappa shape index (κ2) is 5.59. The van der Waals surface area contributed by atoms with E-state index < -0.39 is 0 Å². The van der Waals surface area contributed by atoms with Crippen LogP contribution in [0.5, 0.6) is 0 Å². The summed E-state index contributed by atoms with van der Waals surface area (Å²) in [6, 6.07) is 3.66. The second-order valence-electron chi connectivity index (χ2n) is 5.71. The van der Waals surface area contributed by atoms with Gasteiger partial charge in [0, 0.05) is 18.8 Å². The van der Waals surface area contributed by atoms with Crippen molar-refractivity contribution in [1.82, 2.24) is 9.88 Å². The zero-order valence-corrected chi connectivity index (χ0v) is 11.9. The monoisotopic (exact) mass is 262 g/mol. The fourth-order valence-electron chi connectivity index (χ4n) is 2.73. The molecule has 1 aliphatic carbocycles. The van der Waals surface area contributed by atoms with Crippen molar-refractivity contribution in [2.45, 2.75) is 45.6 Å². The third-order valence-corrected chi connectivity index (χ3v) is 4.14. The predicted molar refractivity (Wildman–Crippen MR) is 75.3 cm³/mol. The number of aromatic amines is 1. The van der Waals surface area contributed by atoms with Crippen molar-refractivity contribution < 1.29 is 4.79 Å². The summed E-state index contributed by atoms with van der Waals surface area (Å²) in [6.45, 7) is 4.06. The maximum atomic E-state index is 12.4. The summed E-state index contributed by atoms with van der Waals surface area (Å²) in [4.78, 5) is 28.6.